The predicted octanol–water partition coefficient (Wildman–Crippen LogP) is 1.24. The van der Waals surface area contributed by atoms with Crippen molar-refractivity contribution >= 4 is 5.97 Å². The number of aliphatic hydroxyl groups excluding tert-OH is 1. The van der Waals surface area contributed by atoms with Gasteiger partial charge >= 0.3 is 12.1 Å². The number of aliphatic hydroxyl groups is 1. The second kappa shape index (κ2) is 5.68. The van der Waals surface area contributed by atoms with E-state index in [9.17, 15) is 18.0 Å². The van der Waals surface area contributed by atoms with Crippen molar-refractivity contribution < 1.29 is 28.2 Å². The molecule has 4 nitrogen and oxygen atoms in total. The minimum atomic E-state index is -4.58. The predicted molar refractivity (Wildman–Crippen MR) is 53.5 cm³/mol. The molecule has 17 heavy (non-hydrogen) atoms. The molecule has 1 rings (SSSR count). The van der Waals surface area contributed by atoms with E-state index in [-0.39, 0.29) is 13.2 Å². The van der Waals surface area contributed by atoms with Crippen LogP contribution in [0, 0.1) is 0 Å². The SMILES string of the molecule is O=C(O)CC(N1CCCCC1CO)C(F)(F)F. The van der Waals surface area contributed by atoms with Crippen LogP contribution in [0.3, 0.4) is 0 Å². The highest BCUT2D eigenvalue weighted by molar-refractivity contribution is 5.67. The lowest BCUT2D eigenvalue weighted by molar-refractivity contribution is -0.200. The van der Waals surface area contributed by atoms with E-state index in [4.69, 9.17) is 10.2 Å². The second-order valence-corrected chi connectivity index (χ2v) is 4.23. The summed E-state index contributed by atoms with van der Waals surface area (Å²) < 4.78 is 38.4. The first-order valence-electron chi connectivity index (χ1n) is 5.51. The molecule has 1 saturated heterocycles. The average molecular weight is 255 g/mol. The van der Waals surface area contributed by atoms with Gasteiger partial charge in [0, 0.05) is 6.04 Å². The minimum Gasteiger partial charge on any atom is -0.481 e. The number of rotatable bonds is 4. The highest BCUT2D eigenvalue weighted by atomic mass is 19.4. The maximum absolute atomic E-state index is 12.8. The molecule has 1 aliphatic rings. The van der Waals surface area contributed by atoms with E-state index in [1.807, 2.05) is 0 Å². The molecule has 0 saturated carbocycles. The Morgan fingerprint density at radius 3 is 2.53 bits per heavy atom. The molecule has 0 amide bonds. The number of hydrogen-bond donors (Lipinski definition) is 2. The number of halogens is 3. The molecule has 2 unspecified atom stereocenters. The lowest BCUT2D eigenvalue weighted by Crippen LogP contribution is -2.54. The van der Waals surface area contributed by atoms with E-state index in [1.54, 1.807) is 0 Å². The Morgan fingerprint density at radius 1 is 1.41 bits per heavy atom. The molecular formula is C10H16F3NO3. The Labute approximate surface area is 97.0 Å². The molecule has 0 aromatic rings. The first kappa shape index (κ1) is 14.2. The van der Waals surface area contributed by atoms with Crippen LogP contribution in [-0.2, 0) is 4.79 Å². The quantitative estimate of drug-likeness (QED) is 0.793. The first-order valence-corrected chi connectivity index (χ1v) is 5.51. The van der Waals surface area contributed by atoms with Crippen molar-refractivity contribution in [1.29, 1.82) is 0 Å². The van der Waals surface area contributed by atoms with E-state index >= 15 is 0 Å². The molecule has 0 aromatic carbocycles. The molecule has 100 valence electrons. The van der Waals surface area contributed by atoms with E-state index < -0.39 is 30.7 Å². The van der Waals surface area contributed by atoms with Crippen molar-refractivity contribution in [2.24, 2.45) is 0 Å². The van der Waals surface area contributed by atoms with Gasteiger partial charge in [0.2, 0.25) is 0 Å². The summed E-state index contributed by atoms with van der Waals surface area (Å²) in [6.07, 6.45) is -3.71. The summed E-state index contributed by atoms with van der Waals surface area (Å²) in [6.45, 7) is -0.186. The van der Waals surface area contributed by atoms with Crippen LogP contribution >= 0.6 is 0 Å². The van der Waals surface area contributed by atoms with Gasteiger partial charge in [-0.1, -0.05) is 6.42 Å². The summed E-state index contributed by atoms with van der Waals surface area (Å²) >= 11 is 0. The van der Waals surface area contributed by atoms with Crippen molar-refractivity contribution in [2.75, 3.05) is 13.2 Å². The molecule has 0 aromatic heterocycles. The van der Waals surface area contributed by atoms with Gasteiger partial charge in [0.25, 0.3) is 0 Å². The standard InChI is InChI=1S/C10H16F3NO3/c11-10(12,13)8(5-9(16)17)14-4-2-1-3-7(14)6-15/h7-8,15H,1-6H2,(H,16,17). The van der Waals surface area contributed by atoms with Crippen LogP contribution in [0.2, 0.25) is 0 Å². The van der Waals surface area contributed by atoms with Crippen molar-refractivity contribution in [1.82, 2.24) is 4.90 Å². The zero-order valence-electron chi connectivity index (χ0n) is 9.28. The summed E-state index contributed by atoms with van der Waals surface area (Å²) in [5, 5.41) is 17.6. The summed E-state index contributed by atoms with van der Waals surface area (Å²) in [6, 6.07) is -2.59. The van der Waals surface area contributed by atoms with Gasteiger partial charge in [-0.05, 0) is 19.4 Å². The summed E-state index contributed by atoms with van der Waals surface area (Å²) in [5.41, 5.74) is 0. The maximum atomic E-state index is 12.8. The fourth-order valence-electron chi connectivity index (χ4n) is 2.22. The molecule has 0 bridgehead atoms. The van der Waals surface area contributed by atoms with Crippen LogP contribution in [0.15, 0.2) is 0 Å². The number of hydrogen-bond acceptors (Lipinski definition) is 3. The van der Waals surface area contributed by atoms with Crippen molar-refractivity contribution in [3.05, 3.63) is 0 Å². The number of alkyl halides is 3. The van der Waals surface area contributed by atoms with Crippen LogP contribution in [0.25, 0.3) is 0 Å². The Kier molecular flexibility index (Phi) is 4.76. The third kappa shape index (κ3) is 3.85. The molecule has 0 aliphatic carbocycles. The van der Waals surface area contributed by atoms with Crippen LogP contribution in [-0.4, -0.2) is 52.5 Å². The Bertz CT molecular complexity index is 270. The number of carboxylic acids is 1. The van der Waals surface area contributed by atoms with Gasteiger partial charge in [-0.2, -0.15) is 13.2 Å². The number of likely N-dealkylation sites (tertiary alicyclic amines) is 1. The van der Waals surface area contributed by atoms with Crippen molar-refractivity contribution in [3.8, 4) is 0 Å². The average Bonchev–Trinajstić information content (AvgIpc) is 2.24. The number of aliphatic carboxylic acids is 1. The fourth-order valence-corrected chi connectivity index (χ4v) is 2.22. The van der Waals surface area contributed by atoms with E-state index in [0.29, 0.717) is 12.8 Å². The smallest absolute Gasteiger partial charge is 0.404 e. The highest BCUT2D eigenvalue weighted by Crippen LogP contribution is 2.31. The molecule has 1 fully saturated rings. The van der Waals surface area contributed by atoms with E-state index in [1.165, 1.54) is 0 Å². The maximum Gasteiger partial charge on any atom is 0.404 e. The van der Waals surface area contributed by atoms with Crippen LogP contribution in [0.5, 0.6) is 0 Å². The first-order chi connectivity index (χ1) is 7.86. The third-order valence-electron chi connectivity index (χ3n) is 3.03. The van der Waals surface area contributed by atoms with Crippen molar-refractivity contribution in [3.63, 3.8) is 0 Å². The highest BCUT2D eigenvalue weighted by Gasteiger charge is 2.47. The summed E-state index contributed by atoms with van der Waals surface area (Å²) in [5.74, 6) is -1.48. The fraction of sp³-hybridized carbons (Fsp3) is 0.900. The van der Waals surface area contributed by atoms with Gasteiger partial charge in [-0.25, -0.2) is 0 Å². The summed E-state index contributed by atoms with van der Waals surface area (Å²) in [4.78, 5) is 11.6. The molecule has 2 N–H and O–H groups in total. The summed E-state index contributed by atoms with van der Waals surface area (Å²) in [7, 11) is 0. The van der Waals surface area contributed by atoms with Gasteiger partial charge in [-0.3, -0.25) is 9.69 Å². The molecule has 1 heterocycles. The molecule has 1 aliphatic heterocycles. The number of nitrogens with zero attached hydrogens (tertiary/aromatic N) is 1. The Balaban J connectivity index is 2.83. The Hall–Kier alpha value is -0.820. The molecule has 0 radical (unpaired) electrons. The monoisotopic (exact) mass is 255 g/mol. The molecule has 7 heteroatoms. The van der Waals surface area contributed by atoms with Crippen LogP contribution in [0.1, 0.15) is 25.7 Å². The largest absolute Gasteiger partial charge is 0.481 e. The number of carboxylic acid groups (broad SMARTS) is 1. The second-order valence-electron chi connectivity index (χ2n) is 4.23. The third-order valence-corrected chi connectivity index (χ3v) is 3.03. The van der Waals surface area contributed by atoms with Gasteiger partial charge < -0.3 is 10.2 Å². The van der Waals surface area contributed by atoms with Gasteiger partial charge in [0.05, 0.1) is 13.0 Å². The van der Waals surface area contributed by atoms with Gasteiger partial charge in [0.15, 0.2) is 0 Å². The Morgan fingerprint density at radius 2 is 2.06 bits per heavy atom. The van der Waals surface area contributed by atoms with Crippen LogP contribution in [0.4, 0.5) is 13.2 Å². The molecule has 2 atom stereocenters. The van der Waals surface area contributed by atoms with Gasteiger partial charge in [-0.15, -0.1) is 0 Å². The topological polar surface area (TPSA) is 60.8 Å². The number of piperidine rings is 1. The van der Waals surface area contributed by atoms with E-state index in [0.717, 1.165) is 11.3 Å². The number of carbonyl (C=O) groups is 1. The van der Waals surface area contributed by atoms with Crippen molar-refractivity contribution in [2.45, 2.75) is 43.9 Å². The zero-order chi connectivity index (χ0) is 13.1. The normalized spacial score (nSPS) is 24.6. The lowest BCUT2D eigenvalue weighted by Gasteiger charge is -2.40. The molecular weight excluding hydrogens is 239 g/mol. The minimum absolute atomic E-state index is 0.183. The van der Waals surface area contributed by atoms with E-state index in [2.05, 4.69) is 0 Å². The molecule has 0 spiro atoms. The zero-order valence-corrected chi connectivity index (χ0v) is 9.28. The lowest BCUT2D eigenvalue weighted by atomic mass is 9.98. The van der Waals surface area contributed by atoms with Crippen LogP contribution < -0.4 is 0 Å². The van der Waals surface area contributed by atoms with Gasteiger partial charge in [0.1, 0.15) is 6.04 Å².